The largest absolute Gasteiger partial charge is 0.481 e. The van der Waals surface area contributed by atoms with E-state index in [4.69, 9.17) is 14.6 Å². The van der Waals surface area contributed by atoms with Gasteiger partial charge in [0.25, 0.3) is 11.8 Å². The molecule has 200 valence electrons. The van der Waals surface area contributed by atoms with Gasteiger partial charge in [-0.15, -0.1) is 5.06 Å². The Labute approximate surface area is 202 Å². The number of alkyl carbamates (subject to hydrolysis) is 2. The predicted molar refractivity (Wildman–Crippen MR) is 116 cm³/mol. The van der Waals surface area contributed by atoms with E-state index in [0.29, 0.717) is 37.7 Å². The number of aliphatic carboxylic acids is 1. The molecule has 3 N–H and O–H groups in total. The number of hydroxylamine groups is 2. The average molecular weight is 507 g/mol. The molecule has 4 amide bonds. The number of nitrogens with one attached hydrogen (secondary N) is 2. The number of carbonyl (C=O) groups excluding carboxylic acids is 5. The molecule has 1 aliphatic heterocycles. The quantitative estimate of drug-likeness (QED) is 0.198. The Bertz CT molecular complexity index is 685. The zero-order valence-corrected chi connectivity index (χ0v) is 19.9. The average Bonchev–Trinajstić information content (AvgIpc) is 3.12. The van der Waals surface area contributed by atoms with Gasteiger partial charge < -0.3 is 39.5 Å². The molecule has 0 spiro atoms. The normalized spacial score (nSPS) is 12.3. The maximum absolute atomic E-state index is 11.4. The minimum absolute atomic E-state index is 0.0323. The molecule has 0 atom stereocenters. The van der Waals surface area contributed by atoms with E-state index >= 15 is 0 Å². The van der Waals surface area contributed by atoms with Crippen LogP contribution < -0.4 is 10.6 Å². The lowest BCUT2D eigenvalue weighted by Gasteiger charge is -2.12. The van der Waals surface area contributed by atoms with E-state index in [1.165, 1.54) is 14.2 Å². The second-order valence-corrected chi connectivity index (χ2v) is 6.76. The molecular formula is C20H33N3O12. The summed E-state index contributed by atoms with van der Waals surface area (Å²) in [6, 6.07) is 0. The summed E-state index contributed by atoms with van der Waals surface area (Å²) in [7, 11) is 3.00. The Morgan fingerprint density at radius 2 is 1.26 bits per heavy atom. The van der Waals surface area contributed by atoms with Crippen LogP contribution in [0.15, 0.2) is 0 Å². The number of rotatable bonds is 15. The molecule has 1 aliphatic rings. The molecule has 1 saturated heterocycles. The minimum Gasteiger partial charge on any atom is -0.481 e. The Hall–Kier alpha value is -3.46. The van der Waals surface area contributed by atoms with E-state index in [0.717, 1.165) is 0 Å². The number of methoxy groups -OCH3 is 2. The summed E-state index contributed by atoms with van der Waals surface area (Å²) in [5, 5.41) is 13.6. The predicted octanol–water partition coefficient (Wildman–Crippen LogP) is -0.0298. The highest BCUT2D eigenvalue weighted by atomic mass is 16.7. The van der Waals surface area contributed by atoms with Crippen molar-refractivity contribution in [2.24, 2.45) is 0 Å². The second-order valence-electron chi connectivity index (χ2n) is 6.76. The van der Waals surface area contributed by atoms with Crippen LogP contribution in [0.4, 0.5) is 9.59 Å². The molecule has 0 bridgehead atoms. The standard InChI is InChI=1S/C12H18N2O7.C8H15NO5/c1-19-7-8-20-12(18)13-6-2-3-11(17)21-14-9(15)4-5-10(14)16;1-13-5-6-14-8(12)9-4-2-3-7(10)11/h2-8H2,1H3,(H,13,18);2-6H2,1H3,(H,9,12)(H,10,11). The van der Waals surface area contributed by atoms with Crippen LogP contribution in [0.1, 0.15) is 38.5 Å². The first-order valence-corrected chi connectivity index (χ1v) is 10.8. The molecule has 0 aromatic heterocycles. The Morgan fingerprint density at radius 1 is 0.800 bits per heavy atom. The van der Waals surface area contributed by atoms with Gasteiger partial charge in [0.1, 0.15) is 13.2 Å². The SMILES string of the molecule is COCCOC(=O)NCCCC(=O)O.COCCOC(=O)NCCCC(=O)ON1C(=O)CCC1=O. The molecular weight excluding hydrogens is 474 g/mol. The summed E-state index contributed by atoms with van der Waals surface area (Å²) in [6.07, 6.45) is -0.337. The number of carboxylic acids is 1. The number of amides is 4. The fraction of sp³-hybridized carbons (Fsp3) is 0.700. The van der Waals surface area contributed by atoms with Gasteiger partial charge >= 0.3 is 24.1 Å². The molecule has 1 rings (SSSR count). The van der Waals surface area contributed by atoms with Crippen molar-refractivity contribution in [3.05, 3.63) is 0 Å². The third kappa shape index (κ3) is 17.7. The van der Waals surface area contributed by atoms with E-state index in [1.54, 1.807) is 0 Å². The number of ether oxygens (including phenoxy) is 4. The highest BCUT2D eigenvalue weighted by Gasteiger charge is 2.32. The highest BCUT2D eigenvalue weighted by Crippen LogP contribution is 2.12. The monoisotopic (exact) mass is 507 g/mol. The van der Waals surface area contributed by atoms with Crippen molar-refractivity contribution in [3.8, 4) is 0 Å². The lowest BCUT2D eigenvalue weighted by Crippen LogP contribution is -2.32. The van der Waals surface area contributed by atoms with Gasteiger partial charge in [-0.05, 0) is 12.8 Å². The molecule has 15 heteroatoms. The first-order chi connectivity index (χ1) is 16.7. The third-order valence-corrected chi connectivity index (χ3v) is 3.90. The lowest BCUT2D eigenvalue weighted by molar-refractivity contribution is -0.197. The van der Waals surface area contributed by atoms with Crippen LogP contribution in [0.2, 0.25) is 0 Å². The molecule has 0 aliphatic carbocycles. The lowest BCUT2D eigenvalue weighted by atomic mass is 10.3. The molecule has 1 heterocycles. The number of carbonyl (C=O) groups is 6. The highest BCUT2D eigenvalue weighted by molar-refractivity contribution is 6.01. The van der Waals surface area contributed by atoms with E-state index in [1.807, 2.05) is 0 Å². The first kappa shape index (κ1) is 31.5. The smallest absolute Gasteiger partial charge is 0.407 e. The van der Waals surface area contributed by atoms with Crippen LogP contribution in [-0.2, 0) is 43.0 Å². The van der Waals surface area contributed by atoms with Crippen molar-refractivity contribution in [1.82, 2.24) is 15.7 Å². The summed E-state index contributed by atoms with van der Waals surface area (Å²) >= 11 is 0. The number of hydrogen-bond donors (Lipinski definition) is 3. The van der Waals surface area contributed by atoms with Gasteiger partial charge in [0, 0.05) is 53.0 Å². The van der Waals surface area contributed by atoms with Crippen molar-refractivity contribution in [3.63, 3.8) is 0 Å². The fourth-order valence-electron chi connectivity index (χ4n) is 2.20. The molecule has 1 fully saturated rings. The van der Waals surface area contributed by atoms with E-state index in [2.05, 4.69) is 24.9 Å². The molecule has 15 nitrogen and oxygen atoms in total. The van der Waals surface area contributed by atoms with Crippen molar-refractivity contribution < 1.29 is 57.7 Å². The summed E-state index contributed by atoms with van der Waals surface area (Å²) in [5.74, 6) is -2.62. The zero-order chi connectivity index (χ0) is 26.5. The maximum atomic E-state index is 11.4. The van der Waals surface area contributed by atoms with Crippen LogP contribution in [0, 0.1) is 0 Å². The van der Waals surface area contributed by atoms with Crippen LogP contribution in [-0.4, -0.2) is 99.8 Å². The van der Waals surface area contributed by atoms with E-state index < -0.39 is 35.9 Å². The van der Waals surface area contributed by atoms with Gasteiger partial charge in [-0.3, -0.25) is 14.4 Å². The minimum atomic E-state index is -0.875. The van der Waals surface area contributed by atoms with Crippen LogP contribution in [0.25, 0.3) is 0 Å². The Morgan fingerprint density at radius 3 is 1.69 bits per heavy atom. The second kappa shape index (κ2) is 20.0. The van der Waals surface area contributed by atoms with Gasteiger partial charge in [0.05, 0.1) is 13.2 Å². The number of imide groups is 1. The summed E-state index contributed by atoms with van der Waals surface area (Å²) in [4.78, 5) is 70.5. The van der Waals surface area contributed by atoms with E-state index in [9.17, 15) is 28.8 Å². The molecule has 0 aromatic rings. The van der Waals surface area contributed by atoms with E-state index in [-0.39, 0.29) is 45.4 Å². The van der Waals surface area contributed by atoms with Crippen molar-refractivity contribution in [2.75, 3.05) is 53.7 Å². The molecule has 0 aromatic carbocycles. The third-order valence-electron chi connectivity index (χ3n) is 3.90. The topological polar surface area (TPSA) is 196 Å². The Kier molecular flexibility index (Phi) is 18.0. The van der Waals surface area contributed by atoms with Crippen molar-refractivity contribution in [1.29, 1.82) is 0 Å². The number of hydrogen-bond acceptors (Lipinski definition) is 11. The van der Waals surface area contributed by atoms with Crippen LogP contribution >= 0.6 is 0 Å². The van der Waals surface area contributed by atoms with Crippen LogP contribution in [0.3, 0.4) is 0 Å². The summed E-state index contributed by atoms with van der Waals surface area (Å²) in [6.45, 7) is 1.51. The number of carboxylic acid groups (broad SMARTS) is 1. The molecule has 0 saturated carbocycles. The number of nitrogens with zero attached hydrogens (tertiary/aromatic N) is 1. The summed E-state index contributed by atoms with van der Waals surface area (Å²) < 4.78 is 18.8. The van der Waals surface area contributed by atoms with Gasteiger partial charge in [0.2, 0.25) is 0 Å². The van der Waals surface area contributed by atoms with Crippen molar-refractivity contribution in [2.45, 2.75) is 38.5 Å². The fourth-order valence-corrected chi connectivity index (χ4v) is 2.20. The van der Waals surface area contributed by atoms with Crippen LogP contribution in [0.5, 0.6) is 0 Å². The Balaban J connectivity index is 0.000000720. The van der Waals surface area contributed by atoms with Gasteiger partial charge in [-0.2, -0.15) is 0 Å². The zero-order valence-electron chi connectivity index (χ0n) is 19.9. The van der Waals surface area contributed by atoms with Gasteiger partial charge in [-0.25, -0.2) is 14.4 Å². The van der Waals surface area contributed by atoms with Gasteiger partial charge in [0.15, 0.2) is 0 Å². The first-order valence-electron chi connectivity index (χ1n) is 10.8. The molecule has 0 radical (unpaired) electrons. The summed E-state index contributed by atoms with van der Waals surface area (Å²) in [5.41, 5.74) is 0. The molecule has 35 heavy (non-hydrogen) atoms. The maximum Gasteiger partial charge on any atom is 0.407 e. The van der Waals surface area contributed by atoms with Crippen molar-refractivity contribution >= 4 is 35.9 Å². The van der Waals surface area contributed by atoms with Gasteiger partial charge in [-0.1, -0.05) is 0 Å². The molecule has 0 unspecified atom stereocenters.